The summed E-state index contributed by atoms with van der Waals surface area (Å²) in [5.41, 5.74) is 3.35. The monoisotopic (exact) mass is 364 g/mol. The minimum Gasteiger partial charge on any atom is -0.360 e. The van der Waals surface area contributed by atoms with Crippen molar-refractivity contribution in [2.75, 3.05) is 0 Å². The molecule has 1 aromatic heterocycles. The number of hydrogen-bond acceptors (Lipinski definition) is 3. The van der Waals surface area contributed by atoms with Gasteiger partial charge in [-0.15, -0.1) is 0 Å². The molecule has 0 spiro atoms. The molecule has 1 N–H and O–H groups in total. The SMILES string of the molecule is Clc1ccc([C@H]2C[C@@H]3CC[C@@H](N3)[C@H]2c2cc(-c3ccccc3)no2)cc1. The van der Waals surface area contributed by atoms with Gasteiger partial charge in [-0.25, -0.2) is 0 Å². The van der Waals surface area contributed by atoms with Crippen LogP contribution in [0.2, 0.25) is 5.02 Å². The molecule has 3 heterocycles. The van der Waals surface area contributed by atoms with Gasteiger partial charge >= 0.3 is 0 Å². The van der Waals surface area contributed by atoms with Crippen molar-refractivity contribution in [2.45, 2.75) is 43.2 Å². The van der Waals surface area contributed by atoms with Crippen LogP contribution in [0.15, 0.2) is 65.2 Å². The molecule has 26 heavy (non-hydrogen) atoms. The molecule has 3 nitrogen and oxygen atoms in total. The number of benzene rings is 2. The smallest absolute Gasteiger partial charge is 0.142 e. The van der Waals surface area contributed by atoms with E-state index in [1.807, 2.05) is 30.3 Å². The van der Waals surface area contributed by atoms with E-state index in [1.165, 1.54) is 18.4 Å². The van der Waals surface area contributed by atoms with Crippen LogP contribution < -0.4 is 5.32 Å². The Hall–Kier alpha value is -2.10. The van der Waals surface area contributed by atoms with Crippen LogP contribution in [0.4, 0.5) is 0 Å². The Kier molecular flexibility index (Phi) is 4.07. The van der Waals surface area contributed by atoms with E-state index in [0.717, 1.165) is 28.5 Å². The van der Waals surface area contributed by atoms with Crippen molar-refractivity contribution < 1.29 is 4.52 Å². The molecule has 2 aliphatic rings. The Balaban J connectivity index is 1.52. The summed E-state index contributed by atoms with van der Waals surface area (Å²) in [7, 11) is 0. The van der Waals surface area contributed by atoms with Crippen molar-refractivity contribution in [2.24, 2.45) is 0 Å². The van der Waals surface area contributed by atoms with Crippen LogP contribution >= 0.6 is 11.6 Å². The number of piperidine rings is 1. The molecule has 2 saturated heterocycles. The number of halogens is 1. The summed E-state index contributed by atoms with van der Waals surface area (Å²) >= 11 is 6.10. The molecule has 0 amide bonds. The first-order valence-electron chi connectivity index (χ1n) is 9.31. The highest BCUT2D eigenvalue weighted by molar-refractivity contribution is 6.30. The first kappa shape index (κ1) is 16.1. The molecule has 0 aliphatic carbocycles. The van der Waals surface area contributed by atoms with Crippen molar-refractivity contribution >= 4 is 11.6 Å². The van der Waals surface area contributed by atoms with Gasteiger partial charge in [0.25, 0.3) is 0 Å². The third kappa shape index (κ3) is 2.85. The molecule has 2 fully saturated rings. The molecule has 4 atom stereocenters. The van der Waals surface area contributed by atoms with Crippen molar-refractivity contribution in [3.63, 3.8) is 0 Å². The fourth-order valence-electron chi connectivity index (χ4n) is 4.69. The zero-order valence-electron chi connectivity index (χ0n) is 14.4. The van der Waals surface area contributed by atoms with E-state index in [1.54, 1.807) is 0 Å². The van der Waals surface area contributed by atoms with Crippen LogP contribution in [0.3, 0.4) is 0 Å². The van der Waals surface area contributed by atoms with Crippen LogP contribution in [0.5, 0.6) is 0 Å². The summed E-state index contributed by atoms with van der Waals surface area (Å²) in [5.74, 6) is 1.73. The second kappa shape index (κ2) is 6.57. The number of nitrogens with zero attached hydrogens (tertiary/aromatic N) is 1. The topological polar surface area (TPSA) is 38.1 Å². The van der Waals surface area contributed by atoms with Crippen LogP contribution in [0.25, 0.3) is 11.3 Å². The lowest BCUT2D eigenvalue weighted by molar-refractivity contribution is 0.260. The highest BCUT2D eigenvalue weighted by Gasteiger charge is 2.44. The van der Waals surface area contributed by atoms with Crippen LogP contribution in [0.1, 0.15) is 42.4 Å². The van der Waals surface area contributed by atoms with Gasteiger partial charge in [0.15, 0.2) is 0 Å². The lowest BCUT2D eigenvalue weighted by Gasteiger charge is -2.36. The lowest BCUT2D eigenvalue weighted by atomic mass is 9.75. The summed E-state index contributed by atoms with van der Waals surface area (Å²) in [4.78, 5) is 0. The number of aromatic nitrogens is 1. The highest BCUT2D eigenvalue weighted by Crippen LogP contribution is 2.47. The lowest BCUT2D eigenvalue weighted by Crippen LogP contribution is -2.43. The van der Waals surface area contributed by atoms with Gasteiger partial charge in [0.1, 0.15) is 11.5 Å². The maximum atomic E-state index is 6.10. The van der Waals surface area contributed by atoms with E-state index in [0.29, 0.717) is 23.9 Å². The zero-order chi connectivity index (χ0) is 17.5. The van der Waals surface area contributed by atoms with Crippen LogP contribution in [-0.4, -0.2) is 17.2 Å². The van der Waals surface area contributed by atoms with Gasteiger partial charge in [-0.05, 0) is 42.9 Å². The predicted molar refractivity (Wildman–Crippen MR) is 103 cm³/mol. The molecule has 3 aromatic rings. The summed E-state index contributed by atoms with van der Waals surface area (Å²) in [5, 5.41) is 8.93. The summed E-state index contributed by atoms with van der Waals surface area (Å²) in [6, 6.07) is 21.7. The maximum Gasteiger partial charge on any atom is 0.142 e. The number of rotatable bonds is 3. The van der Waals surface area contributed by atoms with Crippen LogP contribution in [-0.2, 0) is 0 Å². The molecule has 132 valence electrons. The molecule has 5 rings (SSSR count). The molecular formula is C22H21ClN2O. The van der Waals surface area contributed by atoms with Gasteiger partial charge in [0.2, 0.25) is 0 Å². The molecule has 0 radical (unpaired) electrons. The first-order valence-corrected chi connectivity index (χ1v) is 9.69. The largest absolute Gasteiger partial charge is 0.360 e. The van der Waals surface area contributed by atoms with E-state index in [-0.39, 0.29) is 0 Å². The third-order valence-corrected chi connectivity index (χ3v) is 6.16. The van der Waals surface area contributed by atoms with Crippen molar-refractivity contribution in [1.29, 1.82) is 0 Å². The minimum absolute atomic E-state index is 0.305. The Morgan fingerprint density at radius 1 is 1.00 bits per heavy atom. The van der Waals surface area contributed by atoms with Crippen molar-refractivity contribution in [1.82, 2.24) is 10.5 Å². The van der Waals surface area contributed by atoms with Gasteiger partial charge in [-0.2, -0.15) is 0 Å². The van der Waals surface area contributed by atoms with Crippen molar-refractivity contribution in [3.05, 3.63) is 77.0 Å². The Morgan fingerprint density at radius 3 is 2.62 bits per heavy atom. The molecule has 0 unspecified atom stereocenters. The summed E-state index contributed by atoms with van der Waals surface area (Å²) in [6.45, 7) is 0. The van der Waals surface area contributed by atoms with Gasteiger partial charge in [-0.1, -0.05) is 59.2 Å². The second-order valence-electron chi connectivity index (χ2n) is 7.45. The molecule has 2 aliphatic heterocycles. The normalized spacial score (nSPS) is 27.6. The average Bonchev–Trinajstić information content (AvgIpc) is 3.31. The van der Waals surface area contributed by atoms with E-state index < -0.39 is 0 Å². The third-order valence-electron chi connectivity index (χ3n) is 5.91. The first-order chi connectivity index (χ1) is 12.8. The van der Waals surface area contributed by atoms with Crippen LogP contribution in [0, 0.1) is 0 Å². The van der Waals surface area contributed by atoms with Crippen molar-refractivity contribution in [3.8, 4) is 11.3 Å². The average molecular weight is 365 g/mol. The Morgan fingerprint density at radius 2 is 1.81 bits per heavy atom. The van der Waals surface area contributed by atoms with Gasteiger partial charge in [-0.3, -0.25) is 0 Å². The Bertz CT molecular complexity index is 890. The fourth-order valence-corrected chi connectivity index (χ4v) is 4.82. The molecule has 4 heteroatoms. The minimum atomic E-state index is 0.305. The highest BCUT2D eigenvalue weighted by atomic mass is 35.5. The number of fused-ring (bicyclic) bond motifs is 2. The molecule has 2 bridgehead atoms. The Labute approximate surface area is 158 Å². The summed E-state index contributed by atoms with van der Waals surface area (Å²) in [6.07, 6.45) is 3.57. The standard InChI is InChI=1S/C22H21ClN2O/c23-16-8-6-14(7-9-16)18-12-17-10-11-19(24-17)22(18)21-13-20(25-26-21)15-4-2-1-3-5-15/h1-9,13,17-19,22,24H,10-12H2/t17-,18+,19+,22-/m0/s1. The van der Waals surface area contributed by atoms with Gasteiger partial charge < -0.3 is 9.84 Å². The van der Waals surface area contributed by atoms with E-state index in [4.69, 9.17) is 16.1 Å². The van der Waals surface area contributed by atoms with E-state index >= 15 is 0 Å². The number of hydrogen-bond donors (Lipinski definition) is 1. The molecule has 2 aromatic carbocycles. The summed E-state index contributed by atoms with van der Waals surface area (Å²) < 4.78 is 5.87. The maximum absolute atomic E-state index is 6.10. The second-order valence-corrected chi connectivity index (χ2v) is 7.88. The quantitative estimate of drug-likeness (QED) is 0.677. The van der Waals surface area contributed by atoms with E-state index in [9.17, 15) is 0 Å². The number of nitrogens with one attached hydrogen (secondary N) is 1. The predicted octanol–water partition coefficient (Wildman–Crippen LogP) is 5.39. The van der Waals surface area contributed by atoms with E-state index in [2.05, 4.69) is 40.8 Å². The zero-order valence-corrected chi connectivity index (χ0v) is 15.2. The van der Waals surface area contributed by atoms with Gasteiger partial charge in [0.05, 0.1) is 0 Å². The molecule has 0 saturated carbocycles. The fraction of sp³-hybridized carbons (Fsp3) is 0.318. The van der Waals surface area contributed by atoms with Gasteiger partial charge in [0, 0.05) is 34.7 Å². The molecular weight excluding hydrogens is 344 g/mol.